The Bertz CT molecular complexity index is 317. The fraction of sp³-hybridized carbons (Fsp3) is 0.938. The molecule has 1 amide bonds. The van der Waals surface area contributed by atoms with E-state index < -0.39 is 0 Å². The van der Waals surface area contributed by atoms with Gasteiger partial charge >= 0.3 is 0 Å². The van der Waals surface area contributed by atoms with E-state index in [0.29, 0.717) is 18.5 Å². The van der Waals surface area contributed by atoms with E-state index in [0.717, 1.165) is 31.8 Å². The van der Waals surface area contributed by atoms with Crippen molar-refractivity contribution in [3.05, 3.63) is 0 Å². The molecule has 2 rings (SSSR count). The van der Waals surface area contributed by atoms with Crippen LogP contribution in [0.15, 0.2) is 0 Å². The van der Waals surface area contributed by atoms with Crippen LogP contribution in [0, 0.1) is 11.8 Å². The van der Waals surface area contributed by atoms with Crippen LogP contribution in [0.3, 0.4) is 0 Å². The van der Waals surface area contributed by atoms with E-state index in [-0.39, 0.29) is 24.4 Å². The number of likely N-dealkylation sites (tertiary alicyclic amines) is 1. The second-order valence-electron chi connectivity index (χ2n) is 7.02. The highest BCUT2D eigenvalue weighted by Crippen LogP contribution is 2.23. The summed E-state index contributed by atoms with van der Waals surface area (Å²) in [6.45, 7) is 6.96. The molecule has 2 unspecified atom stereocenters. The maximum Gasteiger partial charge on any atom is 0.234 e. The van der Waals surface area contributed by atoms with Gasteiger partial charge < -0.3 is 11.1 Å². The number of halogens is 1. The third kappa shape index (κ3) is 6.13. The topological polar surface area (TPSA) is 58.4 Å². The quantitative estimate of drug-likeness (QED) is 0.835. The van der Waals surface area contributed by atoms with Gasteiger partial charge in [-0.05, 0) is 63.8 Å². The monoisotopic (exact) mass is 317 g/mol. The lowest BCUT2D eigenvalue weighted by molar-refractivity contribution is -0.123. The lowest BCUT2D eigenvalue weighted by Gasteiger charge is -2.34. The lowest BCUT2D eigenvalue weighted by atomic mass is 9.87. The van der Waals surface area contributed by atoms with E-state index in [1.54, 1.807) is 0 Å². The van der Waals surface area contributed by atoms with E-state index in [2.05, 4.69) is 24.1 Å². The summed E-state index contributed by atoms with van der Waals surface area (Å²) in [5.74, 6) is 1.58. The first-order chi connectivity index (χ1) is 9.54. The van der Waals surface area contributed by atoms with Crippen LogP contribution in [0.1, 0.15) is 52.4 Å². The molecule has 1 saturated heterocycles. The summed E-state index contributed by atoms with van der Waals surface area (Å²) in [6, 6.07) is 0.647. The Kier molecular flexibility index (Phi) is 7.99. The molecule has 2 fully saturated rings. The molecule has 21 heavy (non-hydrogen) atoms. The molecular weight excluding hydrogens is 286 g/mol. The molecule has 4 nitrogen and oxygen atoms in total. The molecular formula is C16H32ClN3O. The van der Waals surface area contributed by atoms with Gasteiger partial charge in [-0.25, -0.2) is 0 Å². The number of rotatable bonds is 4. The van der Waals surface area contributed by atoms with Crippen LogP contribution in [0.5, 0.6) is 0 Å². The molecule has 0 spiro atoms. The van der Waals surface area contributed by atoms with Crippen molar-refractivity contribution in [2.75, 3.05) is 19.6 Å². The highest BCUT2D eigenvalue weighted by Gasteiger charge is 2.25. The predicted molar refractivity (Wildman–Crippen MR) is 89.6 cm³/mol. The van der Waals surface area contributed by atoms with E-state index >= 15 is 0 Å². The van der Waals surface area contributed by atoms with Crippen molar-refractivity contribution in [3.8, 4) is 0 Å². The summed E-state index contributed by atoms with van der Waals surface area (Å²) in [6.07, 6.45) is 7.17. The first-order valence-electron chi connectivity index (χ1n) is 8.32. The molecule has 0 radical (unpaired) electrons. The van der Waals surface area contributed by atoms with Crippen molar-refractivity contribution in [1.29, 1.82) is 0 Å². The zero-order chi connectivity index (χ0) is 14.5. The number of amides is 1. The maximum absolute atomic E-state index is 12.2. The number of hydrogen-bond acceptors (Lipinski definition) is 3. The largest absolute Gasteiger partial charge is 0.352 e. The first-order valence-corrected chi connectivity index (χ1v) is 8.32. The lowest BCUT2D eigenvalue weighted by Crippen LogP contribution is -2.48. The van der Waals surface area contributed by atoms with Crippen molar-refractivity contribution in [1.82, 2.24) is 10.2 Å². The summed E-state index contributed by atoms with van der Waals surface area (Å²) in [5.41, 5.74) is 6.00. The van der Waals surface area contributed by atoms with E-state index in [1.807, 2.05) is 0 Å². The summed E-state index contributed by atoms with van der Waals surface area (Å²) in [5, 5.41) is 3.22. The predicted octanol–water partition coefficient (Wildman–Crippen LogP) is 2.16. The number of nitrogens with one attached hydrogen (secondary N) is 1. The third-order valence-corrected chi connectivity index (χ3v) is 5.03. The Balaban J connectivity index is 0.00000220. The number of hydrogen-bond donors (Lipinski definition) is 2. The highest BCUT2D eigenvalue weighted by atomic mass is 35.5. The molecule has 0 aromatic rings. The van der Waals surface area contributed by atoms with Crippen molar-refractivity contribution in [2.45, 2.75) is 64.5 Å². The zero-order valence-corrected chi connectivity index (χ0v) is 14.3. The molecule has 1 aliphatic carbocycles. The SMILES string of the molecule is CC1CCC(NC(=O)CN2CCCC(C(C)N)C2)CC1.Cl. The molecule has 0 bridgehead atoms. The third-order valence-electron chi connectivity index (χ3n) is 5.03. The Hall–Kier alpha value is -0.320. The maximum atomic E-state index is 12.2. The van der Waals surface area contributed by atoms with Crippen molar-refractivity contribution in [3.63, 3.8) is 0 Å². The van der Waals surface area contributed by atoms with E-state index in [9.17, 15) is 4.79 Å². The fourth-order valence-electron chi connectivity index (χ4n) is 3.54. The second kappa shape index (κ2) is 8.96. The molecule has 1 aliphatic heterocycles. The van der Waals surface area contributed by atoms with Gasteiger partial charge in [-0.15, -0.1) is 12.4 Å². The average Bonchev–Trinajstić information content (AvgIpc) is 2.41. The van der Waals surface area contributed by atoms with Crippen LogP contribution in [0.2, 0.25) is 0 Å². The number of nitrogens with zero attached hydrogens (tertiary/aromatic N) is 1. The minimum absolute atomic E-state index is 0. The molecule has 0 aromatic carbocycles. The molecule has 5 heteroatoms. The summed E-state index contributed by atoms with van der Waals surface area (Å²) >= 11 is 0. The molecule has 0 aromatic heterocycles. The second-order valence-corrected chi connectivity index (χ2v) is 7.02. The summed E-state index contributed by atoms with van der Waals surface area (Å²) in [4.78, 5) is 14.4. The van der Waals surface area contributed by atoms with Gasteiger partial charge in [0.1, 0.15) is 0 Å². The van der Waals surface area contributed by atoms with Gasteiger partial charge in [-0.3, -0.25) is 9.69 Å². The molecule has 2 atom stereocenters. The van der Waals surface area contributed by atoms with Crippen LogP contribution >= 0.6 is 12.4 Å². The van der Waals surface area contributed by atoms with Crippen molar-refractivity contribution in [2.24, 2.45) is 17.6 Å². The van der Waals surface area contributed by atoms with Crippen LogP contribution in [0.25, 0.3) is 0 Å². The Labute approximate surface area is 135 Å². The van der Waals surface area contributed by atoms with Gasteiger partial charge in [0.05, 0.1) is 6.54 Å². The van der Waals surface area contributed by atoms with Gasteiger partial charge in [0.25, 0.3) is 0 Å². The van der Waals surface area contributed by atoms with Crippen LogP contribution in [-0.2, 0) is 4.79 Å². The van der Waals surface area contributed by atoms with Gasteiger partial charge in [-0.1, -0.05) is 6.92 Å². The molecule has 1 saturated carbocycles. The van der Waals surface area contributed by atoms with Gasteiger partial charge in [0.2, 0.25) is 5.91 Å². The Morgan fingerprint density at radius 2 is 1.95 bits per heavy atom. The normalized spacial score (nSPS) is 32.0. The zero-order valence-electron chi connectivity index (χ0n) is 13.5. The highest BCUT2D eigenvalue weighted by molar-refractivity contribution is 5.85. The van der Waals surface area contributed by atoms with Crippen molar-refractivity contribution < 1.29 is 4.79 Å². The van der Waals surface area contributed by atoms with Crippen LogP contribution < -0.4 is 11.1 Å². The van der Waals surface area contributed by atoms with Gasteiger partial charge in [0, 0.05) is 18.6 Å². The molecule has 1 heterocycles. The van der Waals surface area contributed by atoms with E-state index in [1.165, 1.54) is 25.7 Å². The Morgan fingerprint density at radius 3 is 2.57 bits per heavy atom. The van der Waals surface area contributed by atoms with Gasteiger partial charge in [-0.2, -0.15) is 0 Å². The Morgan fingerprint density at radius 1 is 1.29 bits per heavy atom. The number of carbonyl (C=O) groups excluding carboxylic acids is 1. The summed E-state index contributed by atoms with van der Waals surface area (Å²) < 4.78 is 0. The smallest absolute Gasteiger partial charge is 0.234 e. The standard InChI is InChI=1S/C16H31N3O.ClH/c1-12-5-7-15(8-6-12)18-16(20)11-19-9-3-4-14(10-19)13(2)17;/h12-15H,3-11,17H2,1-2H3,(H,18,20);1H. The van der Waals surface area contributed by atoms with E-state index in [4.69, 9.17) is 5.73 Å². The van der Waals surface area contributed by atoms with Crippen LogP contribution in [0.4, 0.5) is 0 Å². The first kappa shape index (κ1) is 18.7. The van der Waals surface area contributed by atoms with Crippen molar-refractivity contribution >= 4 is 18.3 Å². The number of carbonyl (C=O) groups is 1. The average molecular weight is 318 g/mol. The number of nitrogens with two attached hydrogens (primary N) is 1. The number of piperidine rings is 1. The minimum atomic E-state index is 0. The minimum Gasteiger partial charge on any atom is -0.352 e. The summed E-state index contributed by atoms with van der Waals surface area (Å²) in [7, 11) is 0. The molecule has 3 N–H and O–H groups in total. The van der Waals surface area contributed by atoms with Crippen LogP contribution in [-0.4, -0.2) is 42.5 Å². The fourth-order valence-corrected chi connectivity index (χ4v) is 3.54. The van der Waals surface area contributed by atoms with Gasteiger partial charge in [0.15, 0.2) is 0 Å². The molecule has 124 valence electrons. The molecule has 2 aliphatic rings.